The first-order valence-corrected chi connectivity index (χ1v) is 15.3. The highest BCUT2D eigenvalue weighted by Crippen LogP contribution is 2.29. The number of hydrogen-bond donors (Lipinski definition) is 3. The van der Waals surface area contributed by atoms with Crippen LogP contribution >= 0.6 is 23.1 Å². The Bertz CT molecular complexity index is 1490. The van der Waals surface area contributed by atoms with E-state index < -0.39 is 5.97 Å². The standard InChI is InChI=1S/C31H32N4O4S2/c1-21(29(37)38)32-31(40-18-8-17-39-20-22-9-3-2-4-10-22)35-16-15-23-11-7-12-24(25(23)19-35)28(36)34-30-33-26-13-5-6-14-27(26)41-30/h2-7,9-14,31-32H,1,8,15-20H2,(H,37,38)(H,33,34,36). The average molecular weight is 589 g/mol. The number of fused-ring (bicyclic) bond motifs is 2. The van der Waals surface area contributed by atoms with Crippen molar-refractivity contribution in [1.82, 2.24) is 15.2 Å². The number of aliphatic carboxylic acids is 1. The second-order valence-corrected chi connectivity index (χ2v) is 11.9. The Morgan fingerprint density at radius 3 is 2.71 bits per heavy atom. The molecule has 1 atom stereocenters. The molecule has 10 heteroatoms. The molecule has 0 bridgehead atoms. The van der Waals surface area contributed by atoms with Crippen molar-refractivity contribution in [2.45, 2.75) is 31.5 Å². The van der Waals surface area contributed by atoms with E-state index in [2.05, 4.69) is 33.2 Å². The molecule has 0 fully saturated rings. The lowest BCUT2D eigenvalue weighted by atomic mass is 9.94. The van der Waals surface area contributed by atoms with Crippen molar-refractivity contribution in [3.05, 3.63) is 107 Å². The van der Waals surface area contributed by atoms with Gasteiger partial charge in [0.2, 0.25) is 0 Å². The molecule has 1 unspecified atom stereocenters. The molecule has 0 spiro atoms. The lowest BCUT2D eigenvalue weighted by molar-refractivity contribution is -0.133. The molecule has 1 aromatic heterocycles. The second kappa shape index (κ2) is 13.8. The fourth-order valence-corrected chi connectivity index (χ4v) is 6.66. The van der Waals surface area contributed by atoms with Crippen LogP contribution in [-0.2, 0) is 29.1 Å². The van der Waals surface area contributed by atoms with Crippen LogP contribution in [0.3, 0.4) is 0 Å². The molecule has 41 heavy (non-hydrogen) atoms. The van der Waals surface area contributed by atoms with Crippen molar-refractivity contribution < 1.29 is 19.4 Å². The summed E-state index contributed by atoms with van der Waals surface area (Å²) in [7, 11) is 0. The van der Waals surface area contributed by atoms with E-state index >= 15 is 0 Å². The van der Waals surface area contributed by atoms with Crippen molar-refractivity contribution in [2.75, 3.05) is 24.2 Å². The third-order valence-electron chi connectivity index (χ3n) is 6.77. The number of nitrogens with zero attached hydrogens (tertiary/aromatic N) is 2. The number of carbonyl (C=O) groups is 2. The third-order valence-corrected chi connectivity index (χ3v) is 8.98. The number of hydrogen-bond acceptors (Lipinski definition) is 8. The van der Waals surface area contributed by atoms with Crippen molar-refractivity contribution in [3.8, 4) is 0 Å². The number of thioether (sulfide) groups is 1. The molecule has 2 heterocycles. The van der Waals surface area contributed by atoms with Gasteiger partial charge in [0, 0.05) is 25.3 Å². The smallest absolute Gasteiger partial charge is 0.351 e. The molecule has 3 aromatic carbocycles. The lowest BCUT2D eigenvalue weighted by Crippen LogP contribution is -2.47. The van der Waals surface area contributed by atoms with Gasteiger partial charge in [-0.2, -0.15) is 0 Å². The maximum Gasteiger partial charge on any atom is 0.351 e. The van der Waals surface area contributed by atoms with Gasteiger partial charge in [-0.25, -0.2) is 9.78 Å². The Morgan fingerprint density at radius 2 is 1.90 bits per heavy atom. The van der Waals surface area contributed by atoms with Gasteiger partial charge in [0.05, 0.1) is 16.8 Å². The molecule has 1 aliphatic rings. The van der Waals surface area contributed by atoms with Crippen LogP contribution in [0.15, 0.2) is 85.1 Å². The number of ether oxygens (including phenoxy) is 1. The minimum absolute atomic E-state index is 0.0597. The number of nitrogens with one attached hydrogen (secondary N) is 2. The second-order valence-electron chi connectivity index (χ2n) is 9.65. The number of carboxylic acid groups (broad SMARTS) is 1. The van der Waals surface area contributed by atoms with Crippen LogP contribution in [0.1, 0.15) is 33.5 Å². The van der Waals surface area contributed by atoms with Crippen LogP contribution in [0.25, 0.3) is 10.2 Å². The fraction of sp³-hybridized carbons (Fsp3) is 0.258. The first-order chi connectivity index (χ1) is 20.0. The Balaban J connectivity index is 1.23. The van der Waals surface area contributed by atoms with Crippen LogP contribution in [-0.4, -0.2) is 51.3 Å². The summed E-state index contributed by atoms with van der Waals surface area (Å²) < 4.78 is 6.83. The molecular weight excluding hydrogens is 556 g/mol. The number of para-hydroxylation sites is 1. The van der Waals surface area contributed by atoms with Gasteiger partial charge >= 0.3 is 5.97 Å². The summed E-state index contributed by atoms with van der Waals surface area (Å²) in [5, 5.41) is 16.1. The zero-order valence-electron chi connectivity index (χ0n) is 22.5. The molecule has 0 aliphatic carbocycles. The van der Waals surface area contributed by atoms with Gasteiger partial charge in [-0.3, -0.25) is 15.0 Å². The van der Waals surface area contributed by atoms with Gasteiger partial charge in [-0.15, -0.1) is 11.8 Å². The minimum atomic E-state index is -1.09. The number of aromatic nitrogens is 1. The van der Waals surface area contributed by atoms with E-state index in [1.807, 2.05) is 66.7 Å². The predicted octanol–water partition coefficient (Wildman–Crippen LogP) is 5.72. The summed E-state index contributed by atoms with van der Waals surface area (Å²) >= 11 is 3.06. The third kappa shape index (κ3) is 7.53. The van der Waals surface area contributed by atoms with Crippen molar-refractivity contribution in [1.29, 1.82) is 0 Å². The SMILES string of the molecule is C=C(NC(SCCCOCc1ccccc1)N1CCc2cccc(C(=O)Nc3nc4ccccc4s3)c2C1)C(=O)O. The van der Waals surface area contributed by atoms with Crippen LogP contribution in [0, 0.1) is 0 Å². The monoisotopic (exact) mass is 588 g/mol. The molecule has 1 amide bonds. The number of anilines is 1. The number of thiazole rings is 1. The van der Waals surface area contributed by atoms with E-state index in [0.717, 1.165) is 52.0 Å². The predicted molar refractivity (Wildman–Crippen MR) is 165 cm³/mol. The van der Waals surface area contributed by atoms with Gasteiger partial charge in [0.15, 0.2) is 5.13 Å². The maximum atomic E-state index is 13.4. The van der Waals surface area contributed by atoms with Crippen LogP contribution in [0.2, 0.25) is 0 Å². The normalized spacial score (nSPS) is 13.9. The summed E-state index contributed by atoms with van der Waals surface area (Å²) in [5.41, 5.74) is 4.26. The Kier molecular flexibility index (Phi) is 9.68. The van der Waals surface area contributed by atoms with Crippen molar-refractivity contribution in [2.24, 2.45) is 0 Å². The minimum Gasteiger partial charge on any atom is -0.477 e. The number of benzene rings is 3. The molecule has 212 valence electrons. The van der Waals surface area contributed by atoms with Gasteiger partial charge in [0.1, 0.15) is 11.2 Å². The van der Waals surface area contributed by atoms with E-state index in [4.69, 9.17) is 4.74 Å². The molecule has 1 aliphatic heterocycles. The molecule has 0 saturated heterocycles. The summed E-state index contributed by atoms with van der Waals surface area (Å²) in [6.07, 6.45) is 1.56. The van der Waals surface area contributed by atoms with E-state index in [0.29, 0.717) is 30.5 Å². The molecule has 8 nitrogen and oxygen atoms in total. The molecular formula is C31H32N4O4S2. The summed E-state index contributed by atoms with van der Waals surface area (Å²) in [6, 6.07) is 23.6. The first-order valence-electron chi connectivity index (χ1n) is 13.4. The highest BCUT2D eigenvalue weighted by atomic mass is 32.2. The van der Waals surface area contributed by atoms with Crippen molar-refractivity contribution >= 4 is 50.3 Å². The Morgan fingerprint density at radius 1 is 1.10 bits per heavy atom. The quantitative estimate of drug-likeness (QED) is 0.104. The molecule has 4 aromatic rings. The van der Waals surface area contributed by atoms with Gasteiger partial charge in [0.25, 0.3) is 5.91 Å². The first kappa shape index (κ1) is 28.8. The summed E-state index contributed by atoms with van der Waals surface area (Å²) in [6.45, 7) is 6.08. The molecule has 5 rings (SSSR count). The highest BCUT2D eigenvalue weighted by Gasteiger charge is 2.28. The lowest BCUT2D eigenvalue weighted by Gasteiger charge is -2.36. The van der Waals surface area contributed by atoms with E-state index in [1.54, 1.807) is 11.8 Å². The molecule has 0 radical (unpaired) electrons. The van der Waals surface area contributed by atoms with Crippen LogP contribution in [0.5, 0.6) is 0 Å². The van der Waals surface area contributed by atoms with Crippen LogP contribution < -0.4 is 10.6 Å². The van der Waals surface area contributed by atoms with E-state index in [9.17, 15) is 14.7 Å². The topological polar surface area (TPSA) is 104 Å². The Hall–Kier alpha value is -3.70. The summed E-state index contributed by atoms with van der Waals surface area (Å²) in [4.78, 5) is 31.7. The van der Waals surface area contributed by atoms with E-state index in [1.165, 1.54) is 11.3 Å². The average Bonchev–Trinajstić information content (AvgIpc) is 3.40. The maximum absolute atomic E-state index is 13.4. The zero-order chi connectivity index (χ0) is 28.6. The number of carbonyl (C=O) groups excluding carboxylic acids is 1. The van der Waals surface area contributed by atoms with Gasteiger partial charge in [-0.1, -0.05) is 72.5 Å². The van der Waals surface area contributed by atoms with Gasteiger partial charge in [-0.05, 0) is 53.5 Å². The highest BCUT2D eigenvalue weighted by molar-refractivity contribution is 7.99. The largest absolute Gasteiger partial charge is 0.477 e. The van der Waals surface area contributed by atoms with Crippen molar-refractivity contribution in [3.63, 3.8) is 0 Å². The number of amides is 1. The van der Waals surface area contributed by atoms with E-state index in [-0.39, 0.29) is 17.1 Å². The summed E-state index contributed by atoms with van der Waals surface area (Å²) in [5.74, 6) is -0.525. The zero-order valence-corrected chi connectivity index (χ0v) is 24.2. The Labute approximate surface area is 247 Å². The molecule has 0 saturated carbocycles. The fourth-order valence-electron chi connectivity index (χ4n) is 4.67. The van der Waals surface area contributed by atoms with Crippen LogP contribution in [0.4, 0.5) is 5.13 Å². The number of carboxylic acids is 1. The molecule has 3 N–H and O–H groups in total. The number of rotatable bonds is 13. The van der Waals surface area contributed by atoms with Gasteiger partial charge < -0.3 is 15.2 Å².